The molecular formula is C19H28N4O5S. The van der Waals surface area contributed by atoms with Crippen LogP contribution in [0.5, 0.6) is 0 Å². The average Bonchev–Trinajstić information content (AvgIpc) is 2.70. The van der Waals surface area contributed by atoms with E-state index in [1.54, 1.807) is 11.8 Å². The molecule has 0 bridgehead atoms. The SMILES string of the molecule is CSCCC(N)C(=O)NC(Cc1ccccc1)C(=O)NCC(=O)NC(C)C(=O)O. The van der Waals surface area contributed by atoms with E-state index in [2.05, 4.69) is 16.0 Å². The molecule has 0 radical (unpaired) electrons. The first-order valence-corrected chi connectivity index (χ1v) is 10.5. The number of carbonyl (C=O) groups excluding carboxylic acids is 3. The van der Waals surface area contributed by atoms with Crippen LogP contribution in [0.4, 0.5) is 0 Å². The van der Waals surface area contributed by atoms with Crippen LogP contribution in [-0.2, 0) is 25.6 Å². The molecule has 160 valence electrons. The fraction of sp³-hybridized carbons (Fsp3) is 0.474. The summed E-state index contributed by atoms with van der Waals surface area (Å²) in [5, 5.41) is 16.1. The lowest BCUT2D eigenvalue weighted by Gasteiger charge is -2.21. The Labute approximate surface area is 174 Å². The third-order valence-electron chi connectivity index (χ3n) is 4.06. The number of rotatable bonds is 12. The fourth-order valence-electron chi connectivity index (χ4n) is 2.36. The standard InChI is InChI=1S/C19H28N4O5S/c1-12(19(27)28)22-16(24)11-21-18(26)15(10-13-6-4-3-5-7-13)23-17(25)14(20)8-9-29-2/h3-7,12,14-15H,8-11,20H2,1-2H3,(H,21,26)(H,22,24)(H,23,25)(H,27,28). The molecule has 29 heavy (non-hydrogen) atoms. The summed E-state index contributed by atoms with van der Waals surface area (Å²) in [7, 11) is 0. The molecule has 0 saturated carbocycles. The summed E-state index contributed by atoms with van der Waals surface area (Å²) < 4.78 is 0. The molecule has 0 aliphatic heterocycles. The van der Waals surface area contributed by atoms with Crippen molar-refractivity contribution in [1.29, 1.82) is 0 Å². The number of thioether (sulfide) groups is 1. The topological polar surface area (TPSA) is 151 Å². The predicted octanol–water partition coefficient (Wildman–Crippen LogP) is -0.500. The molecule has 3 amide bonds. The molecule has 10 heteroatoms. The smallest absolute Gasteiger partial charge is 0.325 e. The first-order chi connectivity index (χ1) is 13.7. The normalized spacial score (nSPS) is 13.6. The van der Waals surface area contributed by atoms with Crippen molar-refractivity contribution in [3.8, 4) is 0 Å². The number of carbonyl (C=O) groups is 4. The van der Waals surface area contributed by atoms with Crippen molar-refractivity contribution in [2.75, 3.05) is 18.6 Å². The number of amides is 3. The summed E-state index contributed by atoms with van der Waals surface area (Å²) in [6.07, 6.45) is 2.61. The van der Waals surface area contributed by atoms with Crippen LogP contribution >= 0.6 is 11.8 Å². The number of nitrogens with two attached hydrogens (primary N) is 1. The average molecular weight is 425 g/mol. The van der Waals surface area contributed by atoms with Gasteiger partial charge in [0.25, 0.3) is 0 Å². The van der Waals surface area contributed by atoms with Gasteiger partial charge in [-0.15, -0.1) is 0 Å². The third kappa shape index (κ3) is 9.44. The second-order valence-corrected chi connectivity index (χ2v) is 7.47. The Morgan fingerprint density at radius 1 is 1.10 bits per heavy atom. The second-order valence-electron chi connectivity index (χ2n) is 6.48. The van der Waals surface area contributed by atoms with Gasteiger partial charge < -0.3 is 26.8 Å². The lowest BCUT2D eigenvalue weighted by atomic mass is 10.0. The van der Waals surface area contributed by atoms with Gasteiger partial charge >= 0.3 is 5.97 Å². The summed E-state index contributed by atoms with van der Waals surface area (Å²) in [4.78, 5) is 47.5. The first-order valence-electron chi connectivity index (χ1n) is 9.13. The molecule has 3 atom stereocenters. The van der Waals surface area contributed by atoms with Gasteiger partial charge in [-0.1, -0.05) is 30.3 Å². The van der Waals surface area contributed by atoms with Crippen LogP contribution in [0.15, 0.2) is 30.3 Å². The predicted molar refractivity (Wildman–Crippen MR) is 111 cm³/mol. The summed E-state index contributed by atoms with van der Waals surface area (Å²) in [6.45, 7) is 0.909. The van der Waals surface area contributed by atoms with Gasteiger partial charge in [-0.3, -0.25) is 19.2 Å². The van der Waals surface area contributed by atoms with E-state index in [0.29, 0.717) is 12.2 Å². The minimum absolute atomic E-state index is 0.223. The van der Waals surface area contributed by atoms with Gasteiger partial charge in [0.05, 0.1) is 12.6 Å². The molecule has 0 aliphatic rings. The van der Waals surface area contributed by atoms with Crippen LogP contribution in [0.2, 0.25) is 0 Å². The number of carboxylic acid groups (broad SMARTS) is 1. The quantitative estimate of drug-likeness (QED) is 0.303. The van der Waals surface area contributed by atoms with Crippen molar-refractivity contribution in [3.05, 3.63) is 35.9 Å². The van der Waals surface area contributed by atoms with E-state index in [0.717, 1.165) is 5.56 Å². The van der Waals surface area contributed by atoms with Crippen LogP contribution in [0, 0.1) is 0 Å². The van der Waals surface area contributed by atoms with E-state index in [-0.39, 0.29) is 6.42 Å². The highest BCUT2D eigenvalue weighted by atomic mass is 32.2. The maximum atomic E-state index is 12.6. The highest BCUT2D eigenvalue weighted by Crippen LogP contribution is 2.05. The number of hydrogen-bond donors (Lipinski definition) is 5. The van der Waals surface area contributed by atoms with Gasteiger partial charge in [-0.2, -0.15) is 11.8 Å². The summed E-state index contributed by atoms with van der Waals surface area (Å²) in [5.41, 5.74) is 6.70. The van der Waals surface area contributed by atoms with Gasteiger partial charge in [0.1, 0.15) is 12.1 Å². The van der Waals surface area contributed by atoms with Gasteiger partial charge in [0.15, 0.2) is 0 Å². The molecular weight excluding hydrogens is 396 g/mol. The van der Waals surface area contributed by atoms with Crippen molar-refractivity contribution >= 4 is 35.5 Å². The molecule has 9 nitrogen and oxygen atoms in total. The second kappa shape index (κ2) is 12.8. The molecule has 1 aromatic rings. The van der Waals surface area contributed by atoms with E-state index in [1.165, 1.54) is 6.92 Å². The van der Waals surface area contributed by atoms with Gasteiger partial charge in [-0.05, 0) is 30.9 Å². The Bertz CT molecular complexity index is 701. The zero-order valence-electron chi connectivity index (χ0n) is 16.5. The van der Waals surface area contributed by atoms with Gasteiger partial charge in [-0.25, -0.2) is 0 Å². The molecule has 3 unspecified atom stereocenters. The van der Waals surface area contributed by atoms with Gasteiger partial charge in [0.2, 0.25) is 17.7 Å². The lowest BCUT2D eigenvalue weighted by Crippen LogP contribution is -2.54. The first kappa shape index (κ1) is 24.4. The molecule has 0 fully saturated rings. The minimum atomic E-state index is -1.18. The largest absolute Gasteiger partial charge is 0.480 e. The molecule has 1 aromatic carbocycles. The highest BCUT2D eigenvalue weighted by Gasteiger charge is 2.24. The zero-order chi connectivity index (χ0) is 21.8. The van der Waals surface area contributed by atoms with Crippen LogP contribution in [0.1, 0.15) is 18.9 Å². The molecule has 0 spiro atoms. The number of aliphatic carboxylic acids is 1. The zero-order valence-corrected chi connectivity index (χ0v) is 17.3. The number of benzene rings is 1. The fourth-order valence-corrected chi connectivity index (χ4v) is 2.85. The summed E-state index contributed by atoms with van der Waals surface area (Å²) >= 11 is 1.57. The number of hydrogen-bond acceptors (Lipinski definition) is 6. The molecule has 6 N–H and O–H groups in total. The summed E-state index contributed by atoms with van der Waals surface area (Å²) in [5.74, 6) is -2.11. The molecule has 0 saturated heterocycles. The molecule has 0 heterocycles. The number of carboxylic acids is 1. The maximum absolute atomic E-state index is 12.6. The van der Waals surface area contributed by atoms with Crippen LogP contribution < -0.4 is 21.7 Å². The van der Waals surface area contributed by atoms with E-state index < -0.39 is 48.4 Å². The van der Waals surface area contributed by atoms with Crippen LogP contribution in [-0.4, -0.2) is 65.5 Å². The van der Waals surface area contributed by atoms with Crippen molar-refractivity contribution in [3.63, 3.8) is 0 Å². The Morgan fingerprint density at radius 2 is 1.76 bits per heavy atom. The lowest BCUT2D eigenvalue weighted by molar-refractivity contribution is -0.141. The van der Waals surface area contributed by atoms with Crippen molar-refractivity contribution < 1.29 is 24.3 Å². The van der Waals surface area contributed by atoms with E-state index in [4.69, 9.17) is 10.8 Å². The maximum Gasteiger partial charge on any atom is 0.325 e. The van der Waals surface area contributed by atoms with E-state index in [1.807, 2.05) is 36.6 Å². The Kier molecular flexibility index (Phi) is 10.8. The Morgan fingerprint density at radius 3 is 2.34 bits per heavy atom. The summed E-state index contributed by atoms with van der Waals surface area (Å²) in [6, 6.07) is 6.37. The Hall–Kier alpha value is -2.59. The molecule has 0 aromatic heterocycles. The highest BCUT2D eigenvalue weighted by molar-refractivity contribution is 7.98. The number of nitrogens with one attached hydrogen (secondary N) is 3. The van der Waals surface area contributed by atoms with Crippen molar-refractivity contribution in [1.82, 2.24) is 16.0 Å². The van der Waals surface area contributed by atoms with E-state index in [9.17, 15) is 19.2 Å². The third-order valence-corrected chi connectivity index (χ3v) is 4.70. The van der Waals surface area contributed by atoms with Crippen molar-refractivity contribution in [2.45, 2.75) is 37.9 Å². The Balaban J connectivity index is 2.73. The molecule has 0 aliphatic carbocycles. The van der Waals surface area contributed by atoms with Crippen LogP contribution in [0.3, 0.4) is 0 Å². The monoisotopic (exact) mass is 424 g/mol. The molecule has 1 rings (SSSR count). The van der Waals surface area contributed by atoms with Crippen molar-refractivity contribution in [2.24, 2.45) is 5.73 Å². The van der Waals surface area contributed by atoms with Crippen LogP contribution in [0.25, 0.3) is 0 Å². The minimum Gasteiger partial charge on any atom is -0.480 e. The van der Waals surface area contributed by atoms with E-state index >= 15 is 0 Å². The van der Waals surface area contributed by atoms with Gasteiger partial charge in [0, 0.05) is 6.42 Å².